The van der Waals surface area contributed by atoms with Gasteiger partial charge in [0, 0.05) is 18.0 Å². The van der Waals surface area contributed by atoms with E-state index in [9.17, 15) is 10.1 Å². The summed E-state index contributed by atoms with van der Waals surface area (Å²) in [7, 11) is 0. The summed E-state index contributed by atoms with van der Waals surface area (Å²) in [5.74, 6) is 0.622. The van der Waals surface area contributed by atoms with Crippen LogP contribution in [-0.4, -0.2) is 10.8 Å². The number of benzene rings is 1. The van der Waals surface area contributed by atoms with Crippen molar-refractivity contribution >= 4 is 17.3 Å². The minimum Gasteiger partial charge on any atom is -0.258 e. The van der Waals surface area contributed by atoms with Gasteiger partial charge in [-0.05, 0) is 18.4 Å². The first kappa shape index (κ1) is 9.99. The number of non-ortho nitro benzene ring substituents is 1. The molecule has 0 aromatic heterocycles. The van der Waals surface area contributed by atoms with Crippen LogP contribution in [0.25, 0.3) is 0 Å². The zero-order valence-electron chi connectivity index (χ0n) is 7.07. The van der Waals surface area contributed by atoms with Gasteiger partial charge in [-0.15, -0.1) is 11.6 Å². The Kier molecular flexibility index (Phi) is 3.71. The van der Waals surface area contributed by atoms with Gasteiger partial charge in [-0.3, -0.25) is 10.1 Å². The molecule has 1 aromatic rings. The molecule has 70 valence electrons. The number of halogens is 1. The van der Waals surface area contributed by atoms with Gasteiger partial charge >= 0.3 is 0 Å². The van der Waals surface area contributed by atoms with Crippen LogP contribution >= 0.6 is 11.6 Å². The molecule has 0 aliphatic carbocycles. The van der Waals surface area contributed by atoms with Crippen molar-refractivity contribution in [2.75, 3.05) is 5.88 Å². The average molecular weight is 200 g/mol. The monoisotopic (exact) mass is 199 g/mol. The van der Waals surface area contributed by atoms with Gasteiger partial charge in [0.25, 0.3) is 5.69 Å². The summed E-state index contributed by atoms with van der Waals surface area (Å²) in [5, 5.41) is 10.3. The average Bonchev–Trinajstić information content (AvgIpc) is 2.15. The molecule has 0 saturated heterocycles. The Morgan fingerprint density at radius 2 is 1.92 bits per heavy atom. The molecule has 3 nitrogen and oxygen atoms in total. The van der Waals surface area contributed by atoms with Gasteiger partial charge in [0.05, 0.1) is 4.92 Å². The number of aryl methyl sites for hydroxylation is 1. The fourth-order valence-electron chi connectivity index (χ4n) is 1.06. The van der Waals surface area contributed by atoms with Crippen LogP contribution in [-0.2, 0) is 6.42 Å². The molecule has 0 N–H and O–H groups in total. The molecular weight excluding hydrogens is 190 g/mol. The highest BCUT2D eigenvalue weighted by molar-refractivity contribution is 6.17. The van der Waals surface area contributed by atoms with Crippen LogP contribution in [0.3, 0.4) is 0 Å². The molecule has 0 unspecified atom stereocenters. The highest BCUT2D eigenvalue weighted by Crippen LogP contribution is 2.12. The van der Waals surface area contributed by atoms with Crippen LogP contribution in [0.4, 0.5) is 5.69 Å². The zero-order chi connectivity index (χ0) is 9.68. The van der Waals surface area contributed by atoms with E-state index in [1.165, 1.54) is 12.1 Å². The predicted octanol–water partition coefficient (Wildman–Crippen LogP) is 2.77. The summed E-state index contributed by atoms with van der Waals surface area (Å²) in [6.45, 7) is 0. The van der Waals surface area contributed by atoms with E-state index in [4.69, 9.17) is 11.6 Å². The van der Waals surface area contributed by atoms with Crippen molar-refractivity contribution in [3.05, 3.63) is 39.9 Å². The van der Waals surface area contributed by atoms with E-state index >= 15 is 0 Å². The predicted molar refractivity (Wildman–Crippen MR) is 52.1 cm³/mol. The third kappa shape index (κ3) is 3.03. The molecule has 1 aromatic carbocycles. The van der Waals surface area contributed by atoms with E-state index in [2.05, 4.69) is 0 Å². The molecule has 13 heavy (non-hydrogen) atoms. The summed E-state index contributed by atoms with van der Waals surface area (Å²) < 4.78 is 0. The van der Waals surface area contributed by atoms with Crippen molar-refractivity contribution < 1.29 is 4.92 Å². The van der Waals surface area contributed by atoms with Crippen molar-refractivity contribution in [2.45, 2.75) is 12.8 Å². The Labute approximate surface area is 81.5 Å². The van der Waals surface area contributed by atoms with E-state index in [1.54, 1.807) is 12.1 Å². The van der Waals surface area contributed by atoms with Crippen molar-refractivity contribution in [1.29, 1.82) is 0 Å². The maximum absolute atomic E-state index is 10.3. The second kappa shape index (κ2) is 4.82. The smallest absolute Gasteiger partial charge is 0.258 e. The lowest BCUT2D eigenvalue weighted by atomic mass is 10.1. The Hall–Kier alpha value is -1.09. The molecule has 1 rings (SSSR count). The minimum absolute atomic E-state index is 0.134. The first-order valence-corrected chi connectivity index (χ1v) is 4.57. The number of rotatable bonds is 4. The van der Waals surface area contributed by atoms with Crippen molar-refractivity contribution in [2.24, 2.45) is 0 Å². The van der Waals surface area contributed by atoms with Gasteiger partial charge in [-0.2, -0.15) is 0 Å². The van der Waals surface area contributed by atoms with Crippen LogP contribution in [0.15, 0.2) is 24.3 Å². The van der Waals surface area contributed by atoms with Crippen LogP contribution in [0.2, 0.25) is 0 Å². The molecule has 0 radical (unpaired) electrons. The summed E-state index contributed by atoms with van der Waals surface area (Å²) in [6, 6.07) is 6.57. The van der Waals surface area contributed by atoms with Gasteiger partial charge in [-0.1, -0.05) is 12.1 Å². The van der Waals surface area contributed by atoms with Gasteiger partial charge in [0.15, 0.2) is 0 Å². The fraction of sp³-hybridized carbons (Fsp3) is 0.333. The Morgan fingerprint density at radius 1 is 1.31 bits per heavy atom. The molecule has 0 bridgehead atoms. The van der Waals surface area contributed by atoms with E-state index in [-0.39, 0.29) is 5.69 Å². The van der Waals surface area contributed by atoms with Gasteiger partial charge in [0.2, 0.25) is 0 Å². The van der Waals surface area contributed by atoms with Crippen LogP contribution < -0.4 is 0 Å². The summed E-state index contributed by atoms with van der Waals surface area (Å²) in [6.07, 6.45) is 1.78. The standard InChI is InChI=1S/C9H10ClNO2/c10-7-1-2-8-3-5-9(6-4-8)11(12)13/h3-6H,1-2,7H2. The van der Waals surface area contributed by atoms with Gasteiger partial charge in [0.1, 0.15) is 0 Å². The molecule has 0 heterocycles. The normalized spacial score (nSPS) is 9.92. The highest BCUT2D eigenvalue weighted by atomic mass is 35.5. The summed E-state index contributed by atoms with van der Waals surface area (Å²) >= 11 is 5.52. The molecule has 0 spiro atoms. The van der Waals surface area contributed by atoms with Crippen LogP contribution in [0, 0.1) is 10.1 Å². The molecule has 0 saturated carbocycles. The third-order valence-electron chi connectivity index (χ3n) is 1.75. The van der Waals surface area contributed by atoms with Gasteiger partial charge in [-0.25, -0.2) is 0 Å². The highest BCUT2D eigenvalue weighted by Gasteiger charge is 2.02. The van der Waals surface area contributed by atoms with Crippen molar-refractivity contribution in [1.82, 2.24) is 0 Å². The largest absolute Gasteiger partial charge is 0.269 e. The lowest BCUT2D eigenvalue weighted by Gasteiger charge is -1.97. The number of nitro benzene ring substituents is 1. The second-order valence-corrected chi connectivity index (χ2v) is 3.09. The quantitative estimate of drug-likeness (QED) is 0.425. The number of nitrogens with zero attached hydrogens (tertiary/aromatic N) is 1. The molecule has 4 heteroatoms. The second-order valence-electron chi connectivity index (χ2n) is 2.72. The Morgan fingerprint density at radius 3 is 2.38 bits per heavy atom. The first-order valence-electron chi connectivity index (χ1n) is 4.03. The number of hydrogen-bond donors (Lipinski definition) is 0. The lowest BCUT2D eigenvalue weighted by molar-refractivity contribution is -0.384. The molecule has 0 aliphatic rings. The first-order chi connectivity index (χ1) is 6.24. The molecular formula is C9H10ClNO2. The van der Waals surface area contributed by atoms with Crippen molar-refractivity contribution in [3.8, 4) is 0 Å². The summed E-state index contributed by atoms with van der Waals surface area (Å²) in [5.41, 5.74) is 1.22. The van der Waals surface area contributed by atoms with Gasteiger partial charge < -0.3 is 0 Å². The Bertz CT molecular complexity index is 284. The molecule has 0 amide bonds. The molecule has 0 aliphatic heterocycles. The van der Waals surface area contributed by atoms with Crippen LogP contribution in [0.5, 0.6) is 0 Å². The number of alkyl halides is 1. The van der Waals surface area contributed by atoms with E-state index in [1.807, 2.05) is 0 Å². The number of nitro groups is 1. The van der Waals surface area contributed by atoms with E-state index in [0.717, 1.165) is 18.4 Å². The minimum atomic E-state index is -0.397. The number of hydrogen-bond acceptors (Lipinski definition) is 2. The SMILES string of the molecule is O=[N+]([O-])c1ccc(CCCCl)cc1. The van der Waals surface area contributed by atoms with E-state index in [0.29, 0.717) is 5.88 Å². The molecule has 0 fully saturated rings. The van der Waals surface area contributed by atoms with Crippen molar-refractivity contribution in [3.63, 3.8) is 0 Å². The zero-order valence-corrected chi connectivity index (χ0v) is 7.83. The lowest BCUT2D eigenvalue weighted by Crippen LogP contribution is -1.89. The fourth-order valence-corrected chi connectivity index (χ4v) is 1.19. The molecule has 0 atom stereocenters. The maximum Gasteiger partial charge on any atom is 0.269 e. The maximum atomic E-state index is 10.3. The Balaban J connectivity index is 2.64. The third-order valence-corrected chi connectivity index (χ3v) is 2.01. The summed E-state index contributed by atoms with van der Waals surface area (Å²) in [4.78, 5) is 9.91. The topological polar surface area (TPSA) is 43.1 Å². The van der Waals surface area contributed by atoms with Crippen LogP contribution in [0.1, 0.15) is 12.0 Å². The van der Waals surface area contributed by atoms with E-state index < -0.39 is 4.92 Å².